The van der Waals surface area contributed by atoms with Gasteiger partial charge < -0.3 is 15.0 Å². The second kappa shape index (κ2) is 9.05. The second-order valence-corrected chi connectivity index (χ2v) is 9.10. The van der Waals surface area contributed by atoms with Crippen molar-refractivity contribution in [2.45, 2.75) is 32.1 Å². The Bertz CT molecular complexity index is 1020. The fraction of sp³-hybridized carbons (Fsp3) is 0.500. The fourth-order valence-corrected chi connectivity index (χ4v) is 5.51. The molecule has 3 rings (SSSR count). The van der Waals surface area contributed by atoms with E-state index in [1.807, 2.05) is 19.1 Å². The van der Waals surface area contributed by atoms with Crippen molar-refractivity contribution < 1.29 is 17.9 Å². The summed E-state index contributed by atoms with van der Waals surface area (Å²) in [5, 5.41) is 7.11. The summed E-state index contributed by atoms with van der Waals surface area (Å²) in [5.74, 6) is 0.606. The van der Waals surface area contributed by atoms with E-state index in [0.717, 1.165) is 0 Å². The Hall–Kier alpha value is -2.59. The molecule has 0 saturated carbocycles. The van der Waals surface area contributed by atoms with Crippen LogP contribution in [0.4, 0.5) is 10.5 Å². The minimum absolute atomic E-state index is 0.233. The number of rotatable bonds is 5. The second-order valence-electron chi connectivity index (χ2n) is 7.23. The lowest BCUT2D eigenvalue weighted by Gasteiger charge is -2.23. The number of anilines is 1. The van der Waals surface area contributed by atoms with Crippen molar-refractivity contribution in [3.05, 3.63) is 35.7 Å². The number of sulfonamides is 1. The minimum atomic E-state index is -3.68. The first-order valence-corrected chi connectivity index (χ1v) is 11.5. The average molecular weight is 436 g/mol. The molecule has 0 radical (unpaired) electrons. The molecular formula is C20H29N5O4S. The van der Waals surface area contributed by atoms with E-state index in [1.165, 1.54) is 4.31 Å². The number of amides is 2. The van der Waals surface area contributed by atoms with E-state index in [-0.39, 0.29) is 17.5 Å². The maximum Gasteiger partial charge on any atom is 0.321 e. The molecule has 1 aliphatic heterocycles. The molecule has 30 heavy (non-hydrogen) atoms. The van der Waals surface area contributed by atoms with E-state index in [0.29, 0.717) is 55.5 Å². The maximum atomic E-state index is 13.2. The molecule has 2 amide bonds. The van der Waals surface area contributed by atoms with Crippen LogP contribution in [0.1, 0.15) is 24.7 Å². The normalized spacial score (nSPS) is 15.7. The van der Waals surface area contributed by atoms with Crippen LogP contribution in [0.5, 0.6) is 5.75 Å². The highest BCUT2D eigenvalue weighted by Crippen LogP contribution is 2.26. The Morgan fingerprint density at radius 3 is 2.57 bits per heavy atom. The van der Waals surface area contributed by atoms with Crippen LogP contribution in [0.2, 0.25) is 0 Å². The van der Waals surface area contributed by atoms with Crippen LogP contribution < -0.4 is 10.1 Å². The number of para-hydroxylation sites is 2. The molecule has 0 atom stereocenters. The topological polar surface area (TPSA) is 96.8 Å². The number of aryl methyl sites for hydroxylation is 2. The summed E-state index contributed by atoms with van der Waals surface area (Å²) in [5.41, 5.74) is 1.69. The number of aromatic nitrogens is 2. The third kappa shape index (κ3) is 4.44. The number of hydrogen-bond donors (Lipinski definition) is 1. The molecule has 10 heteroatoms. The van der Waals surface area contributed by atoms with Gasteiger partial charge in [-0.25, -0.2) is 13.2 Å². The molecule has 1 saturated heterocycles. The van der Waals surface area contributed by atoms with Crippen molar-refractivity contribution in [1.82, 2.24) is 19.0 Å². The predicted molar refractivity (Wildman–Crippen MR) is 114 cm³/mol. The molecule has 1 fully saturated rings. The van der Waals surface area contributed by atoms with Crippen molar-refractivity contribution in [2.24, 2.45) is 7.05 Å². The number of hydrogen-bond acceptors (Lipinski definition) is 5. The molecule has 9 nitrogen and oxygen atoms in total. The number of carbonyl (C=O) groups excluding carboxylic acids is 1. The van der Waals surface area contributed by atoms with E-state index < -0.39 is 10.0 Å². The minimum Gasteiger partial charge on any atom is -0.492 e. The number of nitrogens with one attached hydrogen (secondary N) is 1. The van der Waals surface area contributed by atoms with Crippen LogP contribution in [-0.2, 0) is 17.1 Å². The monoisotopic (exact) mass is 435 g/mol. The molecular weight excluding hydrogens is 406 g/mol. The van der Waals surface area contributed by atoms with E-state index in [2.05, 4.69) is 10.4 Å². The molecule has 0 spiro atoms. The third-order valence-electron chi connectivity index (χ3n) is 5.21. The summed E-state index contributed by atoms with van der Waals surface area (Å²) >= 11 is 0. The predicted octanol–water partition coefficient (Wildman–Crippen LogP) is 2.36. The first kappa shape index (κ1) is 22.1. The zero-order valence-corrected chi connectivity index (χ0v) is 18.7. The number of benzene rings is 1. The van der Waals surface area contributed by atoms with Gasteiger partial charge in [-0.1, -0.05) is 12.1 Å². The molecule has 0 aliphatic carbocycles. The van der Waals surface area contributed by atoms with Gasteiger partial charge in [0, 0.05) is 33.2 Å². The van der Waals surface area contributed by atoms with Crippen LogP contribution in [0.15, 0.2) is 29.2 Å². The van der Waals surface area contributed by atoms with Gasteiger partial charge in [0.2, 0.25) is 10.0 Å². The number of ether oxygens (including phenoxy) is 1. The van der Waals surface area contributed by atoms with E-state index >= 15 is 0 Å². The van der Waals surface area contributed by atoms with Crippen molar-refractivity contribution in [3.63, 3.8) is 0 Å². The SMILES string of the molecule is CCOc1ccccc1NC(=O)N1CCCN(S(=O)(=O)c2c(C)nn(C)c2C)CC1. The fourth-order valence-electron chi connectivity index (χ4n) is 3.64. The zero-order chi connectivity index (χ0) is 21.9. The van der Waals surface area contributed by atoms with Gasteiger partial charge in [0.25, 0.3) is 0 Å². The summed E-state index contributed by atoms with van der Waals surface area (Å²) in [6.07, 6.45) is 0.554. The largest absolute Gasteiger partial charge is 0.492 e. The molecule has 2 aromatic rings. The first-order valence-electron chi connectivity index (χ1n) is 10.0. The summed E-state index contributed by atoms with van der Waals surface area (Å²) in [6.45, 7) is 7.20. The average Bonchev–Trinajstić information content (AvgIpc) is 2.88. The van der Waals surface area contributed by atoms with Crippen LogP contribution in [-0.4, -0.2) is 66.2 Å². The van der Waals surface area contributed by atoms with Gasteiger partial charge in [-0.15, -0.1) is 0 Å². The highest BCUT2D eigenvalue weighted by Gasteiger charge is 2.32. The van der Waals surface area contributed by atoms with Crippen LogP contribution in [0.3, 0.4) is 0 Å². The Balaban J connectivity index is 1.71. The van der Waals surface area contributed by atoms with Crippen LogP contribution in [0.25, 0.3) is 0 Å². The lowest BCUT2D eigenvalue weighted by atomic mass is 10.3. The third-order valence-corrected chi connectivity index (χ3v) is 7.36. The van der Waals surface area contributed by atoms with Gasteiger partial charge in [-0.3, -0.25) is 4.68 Å². The molecule has 1 aromatic carbocycles. The molecule has 1 aliphatic rings. The number of carbonyl (C=O) groups is 1. The number of nitrogens with zero attached hydrogens (tertiary/aromatic N) is 4. The summed E-state index contributed by atoms with van der Waals surface area (Å²) in [6, 6.07) is 6.99. The molecule has 1 N–H and O–H groups in total. The Morgan fingerprint density at radius 2 is 1.90 bits per heavy atom. The Kier molecular flexibility index (Phi) is 6.67. The van der Waals surface area contributed by atoms with Gasteiger partial charge >= 0.3 is 6.03 Å². The molecule has 0 bridgehead atoms. The van der Waals surface area contributed by atoms with Crippen molar-refractivity contribution in [3.8, 4) is 5.75 Å². The Morgan fingerprint density at radius 1 is 1.17 bits per heavy atom. The molecule has 1 aromatic heterocycles. The molecule has 164 valence electrons. The lowest BCUT2D eigenvalue weighted by molar-refractivity contribution is 0.214. The van der Waals surface area contributed by atoms with E-state index in [1.54, 1.807) is 42.6 Å². The highest BCUT2D eigenvalue weighted by atomic mass is 32.2. The van der Waals surface area contributed by atoms with Gasteiger partial charge in [0.1, 0.15) is 10.6 Å². The quantitative estimate of drug-likeness (QED) is 0.778. The summed E-state index contributed by atoms with van der Waals surface area (Å²) in [4.78, 5) is 14.7. The molecule has 2 heterocycles. The van der Waals surface area contributed by atoms with Gasteiger partial charge in [-0.05, 0) is 39.3 Å². The zero-order valence-electron chi connectivity index (χ0n) is 17.9. The summed E-state index contributed by atoms with van der Waals surface area (Å²) in [7, 11) is -1.94. The first-order chi connectivity index (χ1) is 14.3. The number of urea groups is 1. The van der Waals surface area contributed by atoms with Crippen LogP contribution >= 0.6 is 0 Å². The van der Waals surface area contributed by atoms with Crippen molar-refractivity contribution >= 4 is 21.7 Å². The lowest BCUT2D eigenvalue weighted by Crippen LogP contribution is -2.39. The standard InChI is InChI=1S/C20H29N5O4S/c1-5-29-18-10-7-6-9-17(18)21-20(26)24-11-8-12-25(14-13-24)30(27,28)19-15(2)22-23(4)16(19)3/h6-7,9-10H,5,8,11-14H2,1-4H3,(H,21,26). The van der Waals surface area contributed by atoms with Crippen LogP contribution in [0, 0.1) is 13.8 Å². The van der Waals surface area contributed by atoms with Gasteiger partial charge in [0.15, 0.2) is 0 Å². The smallest absolute Gasteiger partial charge is 0.321 e. The van der Waals surface area contributed by atoms with Crippen molar-refractivity contribution in [1.29, 1.82) is 0 Å². The van der Waals surface area contributed by atoms with Gasteiger partial charge in [-0.2, -0.15) is 9.40 Å². The maximum absolute atomic E-state index is 13.2. The Labute approximate surface area is 177 Å². The van der Waals surface area contributed by atoms with E-state index in [4.69, 9.17) is 4.74 Å². The van der Waals surface area contributed by atoms with E-state index in [9.17, 15) is 13.2 Å². The van der Waals surface area contributed by atoms with Crippen molar-refractivity contribution in [2.75, 3.05) is 38.1 Å². The summed E-state index contributed by atoms with van der Waals surface area (Å²) < 4.78 is 35.0. The van der Waals surface area contributed by atoms with Gasteiger partial charge in [0.05, 0.1) is 23.7 Å². The highest BCUT2D eigenvalue weighted by molar-refractivity contribution is 7.89. The molecule has 0 unspecified atom stereocenters.